The molecule has 34 heavy (non-hydrogen) atoms. The lowest BCUT2D eigenvalue weighted by molar-refractivity contribution is -0.206. The Labute approximate surface area is 206 Å². The zero-order chi connectivity index (χ0) is 23.8. The summed E-state index contributed by atoms with van der Waals surface area (Å²) in [5.41, 5.74) is 3.76. The molecule has 2 fully saturated rings. The van der Waals surface area contributed by atoms with Gasteiger partial charge in [-0.1, -0.05) is 88.8 Å². The highest BCUT2D eigenvalue weighted by Crippen LogP contribution is 2.38. The predicted octanol–water partition coefficient (Wildman–Crippen LogP) is 9.20. The summed E-state index contributed by atoms with van der Waals surface area (Å²) in [6.07, 6.45) is 13.8. The van der Waals surface area contributed by atoms with Crippen molar-refractivity contribution in [3.05, 3.63) is 59.4 Å². The van der Waals surface area contributed by atoms with E-state index < -0.39 is 6.29 Å². The second-order valence-electron chi connectivity index (χ2n) is 10.6. The van der Waals surface area contributed by atoms with E-state index in [1.807, 2.05) is 12.1 Å². The minimum absolute atomic E-state index is 0.209. The normalized spacial score (nSPS) is 25.4. The van der Waals surface area contributed by atoms with Gasteiger partial charge >= 0.3 is 0 Å². The van der Waals surface area contributed by atoms with E-state index in [1.54, 1.807) is 6.07 Å². The lowest BCUT2D eigenvalue weighted by atomic mass is 9.77. The van der Waals surface area contributed by atoms with Gasteiger partial charge in [-0.2, -0.15) is 0 Å². The number of rotatable bonds is 10. The summed E-state index contributed by atoms with van der Waals surface area (Å²) in [5, 5.41) is 0. The van der Waals surface area contributed by atoms with Crippen molar-refractivity contribution in [2.24, 2.45) is 11.8 Å². The highest BCUT2D eigenvalue weighted by atomic mass is 19.1. The Bertz CT molecular complexity index is 862. The summed E-state index contributed by atoms with van der Waals surface area (Å²) in [6, 6.07) is 14.0. The number of ether oxygens (including phenoxy) is 2. The molecule has 0 unspecified atom stereocenters. The van der Waals surface area contributed by atoms with E-state index in [4.69, 9.17) is 9.47 Å². The number of hydrogen-bond acceptors (Lipinski definition) is 2. The molecule has 0 N–H and O–H groups in total. The molecular weight excluding hydrogens is 423 g/mol. The molecule has 1 saturated carbocycles. The maximum atomic E-state index is 15.1. The van der Waals surface area contributed by atoms with Crippen LogP contribution in [0.3, 0.4) is 0 Å². The van der Waals surface area contributed by atoms with Crippen molar-refractivity contribution in [1.82, 2.24) is 0 Å². The van der Waals surface area contributed by atoms with E-state index in [2.05, 4.69) is 38.1 Å². The SMILES string of the molecule is CCCCCC1COC(c2ccc(-c3ccc([C@H]4CC[C@H](CCCC)CC4)cc3)c(F)c2)OC1. The average Bonchev–Trinajstić information content (AvgIpc) is 2.88. The highest BCUT2D eigenvalue weighted by Gasteiger charge is 2.25. The van der Waals surface area contributed by atoms with Crippen LogP contribution in [-0.2, 0) is 9.47 Å². The summed E-state index contributed by atoms with van der Waals surface area (Å²) in [6.45, 7) is 5.89. The van der Waals surface area contributed by atoms with Crippen molar-refractivity contribution >= 4 is 0 Å². The lowest BCUT2D eigenvalue weighted by Gasteiger charge is -2.30. The summed E-state index contributed by atoms with van der Waals surface area (Å²) in [4.78, 5) is 0. The van der Waals surface area contributed by atoms with Crippen LogP contribution in [0.1, 0.15) is 108 Å². The van der Waals surface area contributed by atoms with E-state index in [9.17, 15) is 0 Å². The summed E-state index contributed by atoms with van der Waals surface area (Å²) >= 11 is 0. The first kappa shape index (κ1) is 25.4. The molecule has 2 aromatic carbocycles. The van der Waals surface area contributed by atoms with Gasteiger partial charge in [0.05, 0.1) is 13.2 Å². The predicted molar refractivity (Wildman–Crippen MR) is 138 cm³/mol. The Morgan fingerprint density at radius 3 is 2.03 bits per heavy atom. The number of unbranched alkanes of at least 4 members (excludes halogenated alkanes) is 3. The molecule has 0 radical (unpaired) electrons. The largest absolute Gasteiger partial charge is 0.348 e. The highest BCUT2D eigenvalue weighted by molar-refractivity contribution is 5.65. The van der Waals surface area contributed by atoms with E-state index in [-0.39, 0.29) is 5.82 Å². The van der Waals surface area contributed by atoms with E-state index in [0.29, 0.717) is 30.6 Å². The summed E-state index contributed by atoms with van der Waals surface area (Å²) < 4.78 is 26.9. The molecule has 4 rings (SSSR count). The molecule has 0 spiro atoms. The standard InChI is InChI=1S/C31H43FO2/c1-3-5-7-9-24-21-33-31(34-22-24)28-18-19-29(30(32)20-28)27-16-14-26(15-17-27)25-12-10-23(11-13-25)8-6-4-2/h14-20,23-25,31H,3-13,21-22H2,1-2H3/t23-,24?,25-,31?. The molecule has 0 bridgehead atoms. The van der Waals surface area contributed by atoms with Crippen molar-refractivity contribution in [1.29, 1.82) is 0 Å². The smallest absolute Gasteiger partial charge is 0.183 e. The quantitative estimate of drug-likeness (QED) is 0.325. The minimum Gasteiger partial charge on any atom is -0.348 e. The summed E-state index contributed by atoms with van der Waals surface area (Å²) in [5.74, 6) is 1.83. The first-order valence-corrected chi connectivity index (χ1v) is 13.8. The molecule has 1 heterocycles. The molecule has 2 aromatic rings. The van der Waals surface area contributed by atoms with Crippen LogP contribution in [-0.4, -0.2) is 13.2 Å². The zero-order valence-electron chi connectivity index (χ0n) is 21.2. The van der Waals surface area contributed by atoms with Crippen LogP contribution in [0.2, 0.25) is 0 Å². The molecule has 0 amide bonds. The molecule has 1 aliphatic heterocycles. The molecule has 3 heteroatoms. The van der Waals surface area contributed by atoms with Gasteiger partial charge in [0.2, 0.25) is 0 Å². The summed E-state index contributed by atoms with van der Waals surface area (Å²) in [7, 11) is 0. The molecule has 1 aliphatic carbocycles. The Kier molecular flexibility index (Phi) is 9.58. The zero-order valence-corrected chi connectivity index (χ0v) is 21.2. The minimum atomic E-state index is -0.458. The Morgan fingerprint density at radius 1 is 0.735 bits per heavy atom. The average molecular weight is 467 g/mol. The van der Waals surface area contributed by atoms with Crippen LogP contribution in [0, 0.1) is 17.7 Å². The topological polar surface area (TPSA) is 18.5 Å². The van der Waals surface area contributed by atoms with Crippen LogP contribution in [0.4, 0.5) is 4.39 Å². The first-order chi connectivity index (χ1) is 16.7. The van der Waals surface area contributed by atoms with Gasteiger partial charge in [-0.05, 0) is 61.1 Å². The third kappa shape index (κ3) is 6.70. The van der Waals surface area contributed by atoms with Gasteiger partial charge in [-0.25, -0.2) is 4.39 Å². The van der Waals surface area contributed by atoms with E-state index in [1.165, 1.54) is 69.8 Å². The van der Waals surface area contributed by atoms with Crippen LogP contribution in [0.25, 0.3) is 11.1 Å². The van der Waals surface area contributed by atoms with Gasteiger partial charge in [0.15, 0.2) is 6.29 Å². The van der Waals surface area contributed by atoms with Gasteiger partial charge in [-0.15, -0.1) is 0 Å². The molecular formula is C31H43FO2. The van der Waals surface area contributed by atoms with Crippen molar-refractivity contribution in [2.45, 2.75) is 96.7 Å². The van der Waals surface area contributed by atoms with E-state index >= 15 is 4.39 Å². The van der Waals surface area contributed by atoms with E-state index in [0.717, 1.165) is 23.5 Å². The third-order valence-corrected chi connectivity index (χ3v) is 7.95. The van der Waals surface area contributed by atoms with Gasteiger partial charge < -0.3 is 9.47 Å². The maximum Gasteiger partial charge on any atom is 0.183 e. The lowest BCUT2D eigenvalue weighted by Crippen LogP contribution is -2.27. The van der Waals surface area contributed by atoms with Crippen molar-refractivity contribution < 1.29 is 13.9 Å². The van der Waals surface area contributed by atoms with Crippen LogP contribution >= 0.6 is 0 Å². The van der Waals surface area contributed by atoms with Crippen LogP contribution < -0.4 is 0 Å². The fourth-order valence-corrected chi connectivity index (χ4v) is 5.71. The first-order valence-electron chi connectivity index (χ1n) is 13.8. The van der Waals surface area contributed by atoms with Crippen molar-refractivity contribution in [3.63, 3.8) is 0 Å². The monoisotopic (exact) mass is 466 g/mol. The second kappa shape index (κ2) is 12.8. The fraction of sp³-hybridized carbons (Fsp3) is 0.613. The second-order valence-corrected chi connectivity index (χ2v) is 10.6. The van der Waals surface area contributed by atoms with Gasteiger partial charge in [0, 0.05) is 17.0 Å². The Balaban J connectivity index is 1.32. The third-order valence-electron chi connectivity index (χ3n) is 7.95. The Morgan fingerprint density at radius 2 is 1.38 bits per heavy atom. The van der Waals surface area contributed by atoms with Crippen LogP contribution in [0.5, 0.6) is 0 Å². The maximum absolute atomic E-state index is 15.1. The van der Waals surface area contributed by atoms with Gasteiger partial charge in [-0.3, -0.25) is 0 Å². The molecule has 186 valence electrons. The van der Waals surface area contributed by atoms with Crippen LogP contribution in [0.15, 0.2) is 42.5 Å². The van der Waals surface area contributed by atoms with Crippen molar-refractivity contribution in [3.8, 4) is 11.1 Å². The number of halogens is 1. The molecule has 0 aromatic heterocycles. The molecule has 1 saturated heterocycles. The van der Waals surface area contributed by atoms with Gasteiger partial charge in [0.1, 0.15) is 5.82 Å². The fourth-order valence-electron chi connectivity index (χ4n) is 5.71. The molecule has 2 aliphatic rings. The van der Waals surface area contributed by atoms with Crippen molar-refractivity contribution in [2.75, 3.05) is 13.2 Å². The Hall–Kier alpha value is -1.71. The number of benzene rings is 2. The number of hydrogen-bond donors (Lipinski definition) is 0. The molecule has 0 atom stereocenters. The van der Waals surface area contributed by atoms with Gasteiger partial charge in [0.25, 0.3) is 0 Å². The molecule has 2 nitrogen and oxygen atoms in total.